The molecule has 0 bridgehead atoms. The van der Waals surface area contributed by atoms with Gasteiger partial charge in [0, 0.05) is 0 Å². The van der Waals surface area contributed by atoms with Gasteiger partial charge in [-0.15, -0.1) is 0 Å². The normalized spacial score (nSPS) is 13.7. The van der Waals surface area contributed by atoms with Crippen LogP contribution in [0.25, 0.3) is 0 Å². The number of nitrogens with zero attached hydrogens (tertiary/aromatic N) is 1. The van der Waals surface area contributed by atoms with Crippen molar-refractivity contribution < 1.29 is 29.1 Å². The van der Waals surface area contributed by atoms with Crippen LogP contribution in [0.4, 0.5) is 10.1 Å². The highest BCUT2D eigenvalue weighted by molar-refractivity contribution is 5.75. The summed E-state index contributed by atoms with van der Waals surface area (Å²) in [4.78, 5) is 21.0. The number of nitro benzene ring substituents is 1. The fourth-order valence-corrected chi connectivity index (χ4v) is 1.45. The van der Waals surface area contributed by atoms with Gasteiger partial charge in [-0.05, 0) is 19.1 Å². The molecule has 0 saturated heterocycles. The molecule has 1 aromatic carbocycles. The molecule has 0 radical (unpaired) electrons. The first kappa shape index (κ1) is 15.0. The zero-order valence-electron chi connectivity index (χ0n) is 9.95. The molecule has 2 N–H and O–H groups in total. The summed E-state index contributed by atoms with van der Waals surface area (Å²) < 4.78 is 17.4. The highest BCUT2D eigenvalue weighted by Crippen LogP contribution is 2.28. The monoisotopic (exact) mass is 273 g/mol. The smallest absolute Gasteiger partial charge is 0.338 e. The largest absolute Gasteiger partial charge is 0.464 e. The van der Waals surface area contributed by atoms with Crippen molar-refractivity contribution >= 4 is 11.7 Å². The minimum Gasteiger partial charge on any atom is -0.464 e. The van der Waals surface area contributed by atoms with Gasteiger partial charge < -0.3 is 14.9 Å². The third-order valence-corrected chi connectivity index (χ3v) is 2.33. The number of carbonyl (C=O) groups excluding carboxylic acids is 1. The molecule has 0 aliphatic rings. The second-order valence-electron chi connectivity index (χ2n) is 3.60. The van der Waals surface area contributed by atoms with Gasteiger partial charge in [-0.3, -0.25) is 10.1 Å². The Bertz CT molecular complexity index is 492. The molecule has 0 heterocycles. The molecule has 1 rings (SSSR count). The van der Waals surface area contributed by atoms with Gasteiger partial charge in [0.2, 0.25) is 0 Å². The van der Waals surface area contributed by atoms with Gasteiger partial charge >= 0.3 is 5.97 Å². The summed E-state index contributed by atoms with van der Waals surface area (Å²) in [7, 11) is 0. The van der Waals surface area contributed by atoms with Crippen LogP contribution in [0, 0.1) is 15.9 Å². The Kier molecular flexibility index (Phi) is 4.90. The van der Waals surface area contributed by atoms with Crippen LogP contribution >= 0.6 is 0 Å². The highest BCUT2D eigenvalue weighted by Gasteiger charge is 2.32. The van der Waals surface area contributed by atoms with Crippen molar-refractivity contribution in [2.45, 2.75) is 19.1 Å². The lowest BCUT2D eigenvalue weighted by Gasteiger charge is -2.16. The molecule has 1 aromatic rings. The number of hydrogen-bond acceptors (Lipinski definition) is 6. The first-order valence-electron chi connectivity index (χ1n) is 5.35. The standard InChI is InChI=1S/C11H12FNO6/c1-2-19-11(16)10(15)9(14)7-4-3-6(12)5-8(7)13(17)18/h3-5,9-10,14-15H,2H2,1H3. The molecular formula is C11H12FNO6. The minimum atomic E-state index is -1.98. The first-order chi connectivity index (χ1) is 8.88. The third-order valence-electron chi connectivity index (χ3n) is 2.33. The van der Waals surface area contributed by atoms with Crippen molar-refractivity contribution in [3.05, 3.63) is 39.7 Å². The van der Waals surface area contributed by atoms with Crippen molar-refractivity contribution in [2.24, 2.45) is 0 Å². The van der Waals surface area contributed by atoms with Crippen molar-refractivity contribution in [3.63, 3.8) is 0 Å². The van der Waals surface area contributed by atoms with Gasteiger partial charge in [0.05, 0.1) is 23.2 Å². The number of nitro groups is 1. The zero-order valence-corrected chi connectivity index (χ0v) is 9.95. The van der Waals surface area contributed by atoms with E-state index in [9.17, 15) is 29.5 Å². The van der Waals surface area contributed by atoms with Gasteiger partial charge in [-0.1, -0.05) is 0 Å². The third kappa shape index (κ3) is 3.46. The van der Waals surface area contributed by atoms with Gasteiger partial charge in [0.25, 0.3) is 5.69 Å². The molecule has 19 heavy (non-hydrogen) atoms. The lowest BCUT2D eigenvalue weighted by molar-refractivity contribution is -0.386. The number of halogens is 1. The van der Waals surface area contributed by atoms with E-state index in [2.05, 4.69) is 4.74 Å². The van der Waals surface area contributed by atoms with E-state index in [1.54, 1.807) is 0 Å². The minimum absolute atomic E-state index is 0.0197. The van der Waals surface area contributed by atoms with E-state index in [-0.39, 0.29) is 12.2 Å². The Hall–Kier alpha value is -2.06. The lowest BCUT2D eigenvalue weighted by Crippen LogP contribution is -2.30. The van der Waals surface area contributed by atoms with Crippen molar-refractivity contribution in [1.82, 2.24) is 0 Å². The van der Waals surface area contributed by atoms with Crippen LogP contribution in [0.15, 0.2) is 18.2 Å². The average molecular weight is 273 g/mol. The number of carbonyl (C=O) groups is 1. The van der Waals surface area contributed by atoms with E-state index in [1.807, 2.05) is 0 Å². The van der Waals surface area contributed by atoms with E-state index in [0.717, 1.165) is 12.1 Å². The quantitative estimate of drug-likeness (QED) is 0.464. The Morgan fingerprint density at radius 2 is 2.16 bits per heavy atom. The fraction of sp³-hybridized carbons (Fsp3) is 0.364. The summed E-state index contributed by atoms with van der Waals surface area (Å²) in [6.45, 7) is 1.48. The molecule has 2 atom stereocenters. The van der Waals surface area contributed by atoms with Crippen LogP contribution in [0.5, 0.6) is 0 Å². The molecule has 0 amide bonds. The number of rotatable bonds is 5. The van der Waals surface area contributed by atoms with Gasteiger partial charge in [0.15, 0.2) is 6.10 Å². The maximum atomic E-state index is 12.9. The Morgan fingerprint density at radius 3 is 2.68 bits per heavy atom. The van der Waals surface area contributed by atoms with Gasteiger partial charge in [-0.2, -0.15) is 0 Å². The molecule has 0 aliphatic carbocycles. The number of ether oxygens (including phenoxy) is 1. The molecule has 0 spiro atoms. The predicted molar refractivity (Wildman–Crippen MR) is 60.7 cm³/mol. The molecule has 104 valence electrons. The molecule has 2 unspecified atom stereocenters. The summed E-state index contributed by atoms with van der Waals surface area (Å²) in [5, 5.41) is 30.0. The second-order valence-corrected chi connectivity index (χ2v) is 3.60. The number of hydrogen-bond donors (Lipinski definition) is 2. The average Bonchev–Trinajstić information content (AvgIpc) is 2.37. The predicted octanol–water partition coefficient (Wildman–Crippen LogP) is 0.691. The fourth-order valence-electron chi connectivity index (χ4n) is 1.45. The van der Waals surface area contributed by atoms with E-state index < -0.39 is 34.6 Å². The maximum Gasteiger partial charge on any atom is 0.338 e. The molecule has 8 heteroatoms. The zero-order chi connectivity index (χ0) is 14.6. The summed E-state index contributed by atoms with van der Waals surface area (Å²) in [6, 6.07) is 2.40. The van der Waals surface area contributed by atoms with E-state index in [4.69, 9.17) is 0 Å². The van der Waals surface area contributed by atoms with Crippen LogP contribution in [-0.2, 0) is 9.53 Å². The second kappa shape index (κ2) is 6.21. The van der Waals surface area contributed by atoms with E-state index in [1.165, 1.54) is 6.92 Å². The first-order valence-corrected chi connectivity index (χ1v) is 5.35. The summed E-state index contributed by atoms with van der Waals surface area (Å²) >= 11 is 0. The number of esters is 1. The van der Waals surface area contributed by atoms with Crippen molar-refractivity contribution in [2.75, 3.05) is 6.61 Å². The highest BCUT2D eigenvalue weighted by atomic mass is 19.1. The Balaban J connectivity index is 3.08. The van der Waals surface area contributed by atoms with Gasteiger partial charge in [-0.25, -0.2) is 9.18 Å². The van der Waals surface area contributed by atoms with Crippen LogP contribution in [-0.4, -0.2) is 33.8 Å². The van der Waals surface area contributed by atoms with Gasteiger partial charge in [0.1, 0.15) is 11.9 Å². The number of aliphatic hydroxyl groups is 2. The summed E-state index contributed by atoms with van der Waals surface area (Å²) in [5.74, 6) is -1.98. The Morgan fingerprint density at radius 1 is 1.53 bits per heavy atom. The van der Waals surface area contributed by atoms with Crippen LogP contribution < -0.4 is 0 Å². The molecule has 0 saturated carbocycles. The SMILES string of the molecule is CCOC(=O)C(O)C(O)c1ccc(F)cc1[N+](=O)[O-]. The lowest BCUT2D eigenvalue weighted by atomic mass is 10.0. The number of benzene rings is 1. The maximum absolute atomic E-state index is 12.9. The van der Waals surface area contributed by atoms with Crippen LogP contribution in [0.1, 0.15) is 18.6 Å². The molecule has 0 aliphatic heterocycles. The molecule has 0 aromatic heterocycles. The summed E-state index contributed by atoms with van der Waals surface area (Å²) in [6.07, 6.45) is -3.86. The summed E-state index contributed by atoms with van der Waals surface area (Å²) in [5.41, 5.74) is -1.09. The molecule has 7 nitrogen and oxygen atoms in total. The van der Waals surface area contributed by atoms with E-state index >= 15 is 0 Å². The number of aliphatic hydroxyl groups excluding tert-OH is 2. The van der Waals surface area contributed by atoms with Crippen LogP contribution in [0.2, 0.25) is 0 Å². The van der Waals surface area contributed by atoms with Crippen molar-refractivity contribution in [1.29, 1.82) is 0 Å². The topological polar surface area (TPSA) is 110 Å². The van der Waals surface area contributed by atoms with Crippen molar-refractivity contribution in [3.8, 4) is 0 Å². The molecule has 0 fully saturated rings. The Labute approximate surface area is 107 Å². The van der Waals surface area contributed by atoms with E-state index in [0.29, 0.717) is 6.07 Å². The van der Waals surface area contributed by atoms with Crippen LogP contribution in [0.3, 0.4) is 0 Å². The molecular weight excluding hydrogens is 261 g/mol.